The van der Waals surface area contributed by atoms with Crippen LogP contribution in [0.2, 0.25) is 0 Å². The number of nitriles is 1. The standard InChI is InChI=1S/C11H13N3O3/c1-2-17-11(15)10-9(13)7(5-12)8-6-16-4-3-14(8)10/h2-4,6,13H2,1H3. The summed E-state index contributed by atoms with van der Waals surface area (Å²) >= 11 is 0. The lowest BCUT2D eigenvalue weighted by atomic mass is 10.2. The zero-order valence-corrected chi connectivity index (χ0v) is 9.52. The highest BCUT2D eigenvalue weighted by Crippen LogP contribution is 2.28. The van der Waals surface area contributed by atoms with Crippen molar-refractivity contribution in [3.05, 3.63) is 17.0 Å². The highest BCUT2D eigenvalue weighted by Gasteiger charge is 2.28. The zero-order valence-electron chi connectivity index (χ0n) is 9.52. The van der Waals surface area contributed by atoms with Crippen molar-refractivity contribution in [1.29, 1.82) is 5.26 Å². The molecule has 6 heteroatoms. The lowest BCUT2D eigenvalue weighted by Crippen LogP contribution is -2.21. The molecule has 0 aliphatic carbocycles. The van der Waals surface area contributed by atoms with Gasteiger partial charge in [-0.05, 0) is 6.92 Å². The molecule has 0 saturated heterocycles. The molecule has 0 bridgehead atoms. The van der Waals surface area contributed by atoms with E-state index in [1.54, 1.807) is 11.5 Å². The maximum atomic E-state index is 11.8. The van der Waals surface area contributed by atoms with E-state index in [2.05, 4.69) is 0 Å². The Morgan fingerprint density at radius 2 is 2.47 bits per heavy atom. The van der Waals surface area contributed by atoms with Gasteiger partial charge in [-0.3, -0.25) is 0 Å². The number of ether oxygens (including phenoxy) is 2. The zero-order chi connectivity index (χ0) is 12.4. The van der Waals surface area contributed by atoms with Crippen LogP contribution in [0.15, 0.2) is 0 Å². The van der Waals surface area contributed by atoms with Crippen molar-refractivity contribution >= 4 is 11.7 Å². The fourth-order valence-corrected chi connectivity index (χ4v) is 1.96. The number of nitrogens with two attached hydrogens (primary N) is 1. The molecule has 2 N–H and O–H groups in total. The van der Waals surface area contributed by atoms with E-state index in [0.29, 0.717) is 31.0 Å². The molecule has 6 nitrogen and oxygen atoms in total. The highest BCUT2D eigenvalue weighted by molar-refractivity contribution is 5.95. The minimum Gasteiger partial charge on any atom is -0.461 e. The van der Waals surface area contributed by atoms with E-state index >= 15 is 0 Å². The molecule has 2 rings (SSSR count). The van der Waals surface area contributed by atoms with E-state index in [1.807, 2.05) is 6.07 Å². The SMILES string of the molecule is CCOC(=O)c1c(N)c(C#N)c2n1CCOC2. The summed E-state index contributed by atoms with van der Waals surface area (Å²) in [5.41, 5.74) is 7.24. The van der Waals surface area contributed by atoms with Crippen LogP contribution in [0, 0.1) is 11.3 Å². The minimum absolute atomic E-state index is 0.187. The number of nitrogens with zero attached hydrogens (tertiary/aromatic N) is 2. The highest BCUT2D eigenvalue weighted by atomic mass is 16.5. The lowest BCUT2D eigenvalue weighted by molar-refractivity contribution is 0.0492. The van der Waals surface area contributed by atoms with Gasteiger partial charge in [0.05, 0.1) is 36.8 Å². The maximum absolute atomic E-state index is 11.8. The summed E-state index contributed by atoms with van der Waals surface area (Å²) < 4.78 is 11.9. The van der Waals surface area contributed by atoms with E-state index in [-0.39, 0.29) is 18.0 Å². The Morgan fingerprint density at radius 3 is 3.12 bits per heavy atom. The summed E-state index contributed by atoms with van der Waals surface area (Å²) in [6, 6.07) is 2.01. The first kappa shape index (κ1) is 11.5. The van der Waals surface area contributed by atoms with Gasteiger partial charge in [0.15, 0.2) is 5.69 Å². The van der Waals surface area contributed by atoms with Crippen molar-refractivity contribution in [3.8, 4) is 6.07 Å². The predicted molar refractivity (Wildman–Crippen MR) is 59.2 cm³/mol. The first-order valence-electron chi connectivity index (χ1n) is 5.36. The van der Waals surface area contributed by atoms with Crippen molar-refractivity contribution in [3.63, 3.8) is 0 Å². The average molecular weight is 235 g/mol. The largest absolute Gasteiger partial charge is 0.461 e. The number of esters is 1. The van der Waals surface area contributed by atoms with Gasteiger partial charge in [-0.1, -0.05) is 0 Å². The summed E-state index contributed by atoms with van der Waals surface area (Å²) in [6.45, 7) is 3.31. The third-order valence-electron chi connectivity index (χ3n) is 2.69. The van der Waals surface area contributed by atoms with E-state index in [4.69, 9.17) is 20.5 Å². The second kappa shape index (κ2) is 4.47. The van der Waals surface area contributed by atoms with Gasteiger partial charge in [0.25, 0.3) is 0 Å². The number of aromatic nitrogens is 1. The van der Waals surface area contributed by atoms with Crippen LogP contribution in [0.25, 0.3) is 0 Å². The average Bonchev–Trinajstić information content (AvgIpc) is 2.61. The maximum Gasteiger partial charge on any atom is 0.357 e. The third-order valence-corrected chi connectivity index (χ3v) is 2.69. The Labute approximate surface area is 98.5 Å². The summed E-state index contributed by atoms with van der Waals surface area (Å²) in [5.74, 6) is -0.491. The fourth-order valence-electron chi connectivity index (χ4n) is 1.96. The lowest BCUT2D eigenvalue weighted by Gasteiger charge is -2.17. The third kappa shape index (κ3) is 1.74. The number of nitrogen functional groups attached to an aromatic ring is 1. The second-order valence-corrected chi connectivity index (χ2v) is 3.62. The summed E-state index contributed by atoms with van der Waals surface area (Å²) in [4.78, 5) is 11.8. The van der Waals surface area contributed by atoms with E-state index in [0.717, 1.165) is 0 Å². The predicted octanol–water partition coefficient (Wildman–Crippen LogP) is 0.649. The molecular formula is C11H13N3O3. The van der Waals surface area contributed by atoms with Gasteiger partial charge in [-0.2, -0.15) is 5.26 Å². The molecule has 1 aliphatic heterocycles. The van der Waals surface area contributed by atoms with Crippen LogP contribution in [0.4, 0.5) is 5.69 Å². The van der Waals surface area contributed by atoms with Gasteiger partial charge >= 0.3 is 5.97 Å². The van der Waals surface area contributed by atoms with Crippen molar-refractivity contribution in [2.75, 3.05) is 18.9 Å². The van der Waals surface area contributed by atoms with Crippen LogP contribution in [0.3, 0.4) is 0 Å². The molecule has 2 heterocycles. The molecule has 0 atom stereocenters. The van der Waals surface area contributed by atoms with Crippen molar-refractivity contribution in [2.45, 2.75) is 20.1 Å². The number of fused-ring (bicyclic) bond motifs is 1. The van der Waals surface area contributed by atoms with Crippen LogP contribution in [-0.2, 0) is 22.6 Å². The number of carbonyl (C=O) groups is 1. The van der Waals surface area contributed by atoms with Gasteiger partial charge in [-0.25, -0.2) is 4.79 Å². The molecule has 1 aromatic heterocycles. The summed E-state index contributed by atoms with van der Waals surface area (Å²) in [7, 11) is 0. The quantitative estimate of drug-likeness (QED) is 0.760. The molecule has 0 aromatic carbocycles. The van der Waals surface area contributed by atoms with Gasteiger partial charge < -0.3 is 19.8 Å². The Bertz CT molecular complexity index is 499. The molecule has 0 unspecified atom stereocenters. The Hall–Kier alpha value is -2.00. The monoisotopic (exact) mass is 235 g/mol. The summed E-state index contributed by atoms with van der Waals surface area (Å²) in [5, 5.41) is 9.05. The number of anilines is 1. The van der Waals surface area contributed by atoms with Crippen LogP contribution in [0.1, 0.15) is 28.7 Å². The van der Waals surface area contributed by atoms with Crippen LogP contribution in [-0.4, -0.2) is 23.8 Å². The molecule has 0 saturated carbocycles. The molecule has 0 spiro atoms. The van der Waals surface area contributed by atoms with E-state index in [9.17, 15) is 4.79 Å². The van der Waals surface area contributed by atoms with Crippen LogP contribution in [0.5, 0.6) is 0 Å². The van der Waals surface area contributed by atoms with Gasteiger partial charge in [-0.15, -0.1) is 0 Å². The Morgan fingerprint density at radius 1 is 1.71 bits per heavy atom. The van der Waals surface area contributed by atoms with Crippen LogP contribution >= 0.6 is 0 Å². The van der Waals surface area contributed by atoms with Gasteiger partial charge in [0.1, 0.15) is 6.07 Å². The molecule has 17 heavy (non-hydrogen) atoms. The molecule has 0 radical (unpaired) electrons. The van der Waals surface area contributed by atoms with Crippen molar-refractivity contribution < 1.29 is 14.3 Å². The first-order chi connectivity index (χ1) is 8.20. The molecule has 0 fully saturated rings. The van der Waals surface area contributed by atoms with Crippen LogP contribution < -0.4 is 5.73 Å². The summed E-state index contributed by atoms with van der Waals surface area (Å²) in [6.07, 6.45) is 0. The Kier molecular flexibility index (Phi) is 3.02. The number of carbonyl (C=O) groups excluding carboxylic acids is 1. The molecule has 1 aromatic rings. The minimum atomic E-state index is -0.491. The number of rotatable bonds is 2. The fraction of sp³-hybridized carbons (Fsp3) is 0.455. The van der Waals surface area contributed by atoms with Gasteiger partial charge in [0, 0.05) is 6.54 Å². The first-order valence-corrected chi connectivity index (χ1v) is 5.36. The molecular weight excluding hydrogens is 222 g/mol. The van der Waals surface area contributed by atoms with E-state index < -0.39 is 5.97 Å². The number of hydrogen-bond donors (Lipinski definition) is 1. The Balaban J connectivity index is 2.55. The van der Waals surface area contributed by atoms with E-state index in [1.165, 1.54) is 0 Å². The normalized spacial score (nSPS) is 13.9. The topological polar surface area (TPSA) is 90.3 Å². The van der Waals surface area contributed by atoms with Gasteiger partial charge in [0.2, 0.25) is 0 Å². The van der Waals surface area contributed by atoms with Crippen molar-refractivity contribution in [2.24, 2.45) is 0 Å². The molecule has 1 aliphatic rings. The second-order valence-electron chi connectivity index (χ2n) is 3.62. The smallest absolute Gasteiger partial charge is 0.357 e. The number of hydrogen-bond acceptors (Lipinski definition) is 5. The molecule has 0 amide bonds. The molecule has 90 valence electrons. The van der Waals surface area contributed by atoms with Crippen molar-refractivity contribution in [1.82, 2.24) is 4.57 Å².